The van der Waals surface area contributed by atoms with Gasteiger partial charge in [-0.3, -0.25) is 0 Å². The molecule has 5 nitrogen and oxygen atoms in total. The molecule has 2 heterocycles. The van der Waals surface area contributed by atoms with Gasteiger partial charge in [0.1, 0.15) is 0 Å². The van der Waals surface area contributed by atoms with E-state index in [-0.39, 0.29) is 6.04 Å². The van der Waals surface area contributed by atoms with Gasteiger partial charge >= 0.3 is 0 Å². The standard InChI is InChI=1S/C15H29N3O2S/c16-13-14-5-1-4-10-18(14)21(19,20)17-11-8-15(9-12-17)6-2-3-7-15/h14H,1-13,16H2. The molecular weight excluding hydrogens is 286 g/mol. The first-order chi connectivity index (χ1) is 10.1. The Hall–Kier alpha value is -0.170. The number of rotatable bonds is 3. The van der Waals surface area contributed by atoms with Crippen LogP contribution in [0.15, 0.2) is 0 Å². The minimum Gasteiger partial charge on any atom is -0.329 e. The molecule has 2 saturated heterocycles. The first-order valence-electron chi connectivity index (χ1n) is 8.54. The molecule has 0 aromatic heterocycles. The lowest BCUT2D eigenvalue weighted by Crippen LogP contribution is -2.55. The summed E-state index contributed by atoms with van der Waals surface area (Å²) in [7, 11) is -3.31. The topological polar surface area (TPSA) is 66.6 Å². The zero-order chi connectivity index (χ0) is 14.9. The summed E-state index contributed by atoms with van der Waals surface area (Å²) >= 11 is 0. The molecule has 0 aromatic rings. The van der Waals surface area contributed by atoms with Gasteiger partial charge in [0.25, 0.3) is 10.2 Å². The van der Waals surface area contributed by atoms with Crippen LogP contribution in [0, 0.1) is 5.41 Å². The van der Waals surface area contributed by atoms with Crippen molar-refractivity contribution < 1.29 is 8.42 Å². The minimum absolute atomic E-state index is 0.00566. The molecule has 0 amide bonds. The lowest BCUT2D eigenvalue weighted by atomic mass is 9.78. The number of nitrogens with zero attached hydrogens (tertiary/aromatic N) is 2. The number of nitrogens with two attached hydrogens (primary N) is 1. The summed E-state index contributed by atoms with van der Waals surface area (Å²) in [6.07, 6.45) is 10.3. The van der Waals surface area contributed by atoms with Crippen molar-refractivity contribution in [2.45, 2.75) is 63.8 Å². The molecule has 3 aliphatic rings. The molecular formula is C15H29N3O2S. The predicted molar refractivity (Wildman–Crippen MR) is 84.0 cm³/mol. The van der Waals surface area contributed by atoms with Gasteiger partial charge in [0.15, 0.2) is 0 Å². The molecule has 1 saturated carbocycles. The van der Waals surface area contributed by atoms with Gasteiger partial charge in [0.2, 0.25) is 0 Å². The Morgan fingerprint density at radius 1 is 0.952 bits per heavy atom. The summed E-state index contributed by atoms with van der Waals surface area (Å²) in [5.41, 5.74) is 6.25. The van der Waals surface area contributed by atoms with E-state index in [1.54, 1.807) is 8.61 Å². The van der Waals surface area contributed by atoms with Gasteiger partial charge in [-0.2, -0.15) is 17.0 Å². The second kappa shape index (κ2) is 6.14. The third kappa shape index (κ3) is 3.00. The van der Waals surface area contributed by atoms with Crippen molar-refractivity contribution in [3.05, 3.63) is 0 Å². The zero-order valence-electron chi connectivity index (χ0n) is 13.0. The Morgan fingerprint density at radius 2 is 1.62 bits per heavy atom. The highest BCUT2D eigenvalue weighted by atomic mass is 32.2. The third-order valence-electron chi connectivity index (χ3n) is 5.92. The maximum absolute atomic E-state index is 12.9. The van der Waals surface area contributed by atoms with Crippen LogP contribution in [0.2, 0.25) is 0 Å². The fourth-order valence-corrected chi connectivity index (χ4v) is 6.35. The molecule has 1 atom stereocenters. The highest BCUT2D eigenvalue weighted by Gasteiger charge is 2.42. The van der Waals surface area contributed by atoms with Gasteiger partial charge in [-0.25, -0.2) is 0 Å². The van der Waals surface area contributed by atoms with E-state index in [2.05, 4.69) is 0 Å². The van der Waals surface area contributed by atoms with Crippen LogP contribution in [-0.4, -0.2) is 49.2 Å². The smallest absolute Gasteiger partial charge is 0.282 e. The van der Waals surface area contributed by atoms with Gasteiger partial charge in [-0.05, 0) is 43.9 Å². The van der Waals surface area contributed by atoms with Crippen LogP contribution >= 0.6 is 0 Å². The average Bonchev–Trinajstić information content (AvgIpc) is 2.96. The van der Waals surface area contributed by atoms with Crippen LogP contribution in [0.1, 0.15) is 57.8 Å². The lowest BCUT2D eigenvalue weighted by molar-refractivity contribution is 0.148. The zero-order valence-corrected chi connectivity index (χ0v) is 13.8. The summed E-state index contributed by atoms with van der Waals surface area (Å²) in [6, 6.07) is 0.00566. The minimum atomic E-state index is -3.31. The van der Waals surface area contributed by atoms with E-state index in [9.17, 15) is 8.42 Å². The molecule has 2 N–H and O–H groups in total. The molecule has 21 heavy (non-hydrogen) atoms. The second-order valence-electron chi connectivity index (χ2n) is 7.11. The fourth-order valence-electron chi connectivity index (χ4n) is 4.48. The summed E-state index contributed by atoms with van der Waals surface area (Å²) in [5.74, 6) is 0. The summed E-state index contributed by atoms with van der Waals surface area (Å²) in [4.78, 5) is 0. The average molecular weight is 315 g/mol. The summed E-state index contributed by atoms with van der Waals surface area (Å²) < 4.78 is 29.2. The largest absolute Gasteiger partial charge is 0.329 e. The van der Waals surface area contributed by atoms with Crippen molar-refractivity contribution >= 4 is 10.2 Å². The highest BCUT2D eigenvalue weighted by Crippen LogP contribution is 2.46. The van der Waals surface area contributed by atoms with Crippen molar-refractivity contribution in [1.82, 2.24) is 8.61 Å². The normalized spacial score (nSPS) is 31.8. The molecule has 3 fully saturated rings. The maximum atomic E-state index is 12.9. The number of hydrogen-bond acceptors (Lipinski definition) is 3. The summed E-state index contributed by atoms with van der Waals surface area (Å²) in [6.45, 7) is 2.50. The molecule has 2 aliphatic heterocycles. The van der Waals surface area contributed by atoms with Crippen LogP contribution in [0.4, 0.5) is 0 Å². The molecule has 1 unspecified atom stereocenters. The molecule has 122 valence electrons. The summed E-state index contributed by atoms with van der Waals surface area (Å²) in [5, 5.41) is 0. The van der Waals surface area contributed by atoms with Crippen molar-refractivity contribution in [2.75, 3.05) is 26.2 Å². The second-order valence-corrected chi connectivity index (χ2v) is 8.99. The van der Waals surface area contributed by atoms with E-state index in [4.69, 9.17) is 5.73 Å². The Labute approximate surface area is 129 Å². The van der Waals surface area contributed by atoms with Crippen molar-refractivity contribution in [2.24, 2.45) is 11.1 Å². The van der Waals surface area contributed by atoms with Crippen molar-refractivity contribution in [1.29, 1.82) is 0 Å². The first kappa shape index (κ1) is 15.7. The van der Waals surface area contributed by atoms with Gasteiger partial charge < -0.3 is 5.73 Å². The monoisotopic (exact) mass is 315 g/mol. The van der Waals surface area contributed by atoms with Crippen LogP contribution in [0.5, 0.6) is 0 Å². The Balaban J connectivity index is 1.68. The number of hydrogen-bond donors (Lipinski definition) is 1. The fraction of sp³-hybridized carbons (Fsp3) is 1.00. The van der Waals surface area contributed by atoms with E-state index in [1.165, 1.54) is 25.7 Å². The van der Waals surface area contributed by atoms with Crippen LogP contribution in [-0.2, 0) is 10.2 Å². The van der Waals surface area contributed by atoms with Gasteiger partial charge in [0, 0.05) is 32.2 Å². The molecule has 0 aromatic carbocycles. The molecule has 1 aliphatic carbocycles. The Kier molecular flexibility index (Phi) is 4.60. The number of piperidine rings is 2. The van der Waals surface area contributed by atoms with Crippen LogP contribution in [0.3, 0.4) is 0 Å². The molecule has 0 radical (unpaired) electrons. The quantitative estimate of drug-likeness (QED) is 0.862. The van der Waals surface area contributed by atoms with E-state index >= 15 is 0 Å². The van der Waals surface area contributed by atoms with Crippen LogP contribution < -0.4 is 5.73 Å². The Bertz CT molecular complexity index is 450. The molecule has 0 bridgehead atoms. The molecule has 1 spiro atoms. The van der Waals surface area contributed by atoms with E-state index < -0.39 is 10.2 Å². The SMILES string of the molecule is NCC1CCCCN1S(=O)(=O)N1CCC2(CCCC2)CC1. The lowest BCUT2D eigenvalue weighted by Gasteiger charge is -2.42. The van der Waals surface area contributed by atoms with E-state index in [0.717, 1.165) is 32.1 Å². The van der Waals surface area contributed by atoms with Gasteiger partial charge in [0.05, 0.1) is 0 Å². The van der Waals surface area contributed by atoms with E-state index in [0.29, 0.717) is 31.6 Å². The van der Waals surface area contributed by atoms with E-state index in [1.807, 2.05) is 0 Å². The van der Waals surface area contributed by atoms with Gasteiger partial charge in [-0.1, -0.05) is 19.3 Å². The molecule has 6 heteroatoms. The Morgan fingerprint density at radius 3 is 2.24 bits per heavy atom. The van der Waals surface area contributed by atoms with Gasteiger partial charge in [-0.15, -0.1) is 0 Å². The first-order valence-corrected chi connectivity index (χ1v) is 9.94. The molecule has 3 rings (SSSR count). The van der Waals surface area contributed by atoms with Crippen molar-refractivity contribution in [3.8, 4) is 0 Å². The van der Waals surface area contributed by atoms with Crippen molar-refractivity contribution in [3.63, 3.8) is 0 Å². The predicted octanol–water partition coefficient (Wildman–Crippen LogP) is 1.70. The third-order valence-corrected chi connectivity index (χ3v) is 8.01. The highest BCUT2D eigenvalue weighted by molar-refractivity contribution is 7.86. The van der Waals surface area contributed by atoms with Crippen LogP contribution in [0.25, 0.3) is 0 Å². The maximum Gasteiger partial charge on any atom is 0.282 e.